The Balaban J connectivity index is 2.43. The second-order valence-corrected chi connectivity index (χ2v) is 8.34. The van der Waals surface area contributed by atoms with Gasteiger partial charge in [0.2, 0.25) is 10.0 Å². The molecule has 1 atom stereocenters. The van der Waals surface area contributed by atoms with Crippen LogP contribution in [0.3, 0.4) is 0 Å². The number of rotatable bonds is 3. The fraction of sp³-hybridized carbons (Fsp3) is 0.500. The van der Waals surface area contributed by atoms with Crippen LogP contribution < -0.4 is 0 Å². The fourth-order valence-corrected chi connectivity index (χ4v) is 6.51. The Morgan fingerprint density at radius 1 is 1.50 bits per heavy atom. The Labute approximate surface area is 114 Å². The number of nitrogens with zero attached hydrogens (tertiary/aromatic N) is 1. The zero-order valence-electron chi connectivity index (χ0n) is 9.91. The Morgan fingerprint density at radius 3 is 2.67 bits per heavy atom. The first-order valence-electron chi connectivity index (χ1n) is 5.23. The monoisotopic (exact) mass is 307 g/mol. The summed E-state index contributed by atoms with van der Waals surface area (Å²) >= 11 is 2.73. The van der Waals surface area contributed by atoms with E-state index in [-0.39, 0.29) is 10.8 Å². The molecule has 2 rings (SSSR count). The Morgan fingerprint density at radius 2 is 2.17 bits per heavy atom. The van der Waals surface area contributed by atoms with E-state index in [1.54, 1.807) is 13.0 Å². The lowest BCUT2D eigenvalue weighted by atomic mass is 10.4. The highest BCUT2D eigenvalue weighted by atomic mass is 32.2. The Kier molecular flexibility index (Phi) is 3.72. The molecule has 8 heteroatoms. The zero-order valence-corrected chi connectivity index (χ0v) is 12.4. The van der Waals surface area contributed by atoms with Crippen LogP contribution in [0.15, 0.2) is 11.0 Å². The molecule has 1 aliphatic rings. The van der Waals surface area contributed by atoms with Crippen LogP contribution in [0.1, 0.15) is 9.75 Å². The van der Waals surface area contributed by atoms with Crippen LogP contribution in [0.5, 0.6) is 0 Å². The first kappa shape index (κ1) is 13.9. The van der Waals surface area contributed by atoms with Crippen LogP contribution in [0.2, 0.25) is 0 Å². The molecule has 1 N–H and O–H groups in total. The number of aliphatic carboxylic acids is 1. The molecular weight excluding hydrogens is 294 g/mol. The predicted octanol–water partition coefficient (Wildman–Crippen LogP) is 1.51. The molecule has 0 saturated carbocycles. The van der Waals surface area contributed by atoms with Crippen molar-refractivity contribution in [2.24, 2.45) is 0 Å². The highest BCUT2D eigenvalue weighted by Crippen LogP contribution is 2.32. The summed E-state index contributed by atoms with van der Waals surface area (Å²) in [6, 6.07) is 0.650. The van der Waals surface area contributed by atoms with Gasteiger partial charge in [0.15, 0.2) is 0 Å². The standard InChI is InChI=1S/C10H13NO4S3/c1-6-3-9(7(2)17-6)18(14,15)11-5-16-4-8(11)10(12)13/h3,8H,4-5H2,1-2H3,(H,12,13)/t8-/m0/s1. The topological polar surface area (TPSA) is 74.7 Å². The molecule has 0 bridgehead atoms. The molecule has 1 aliphatic heterocycles. The van der Waals surface area contributed by atoms with E-state index in [2.05, 4.69) is 0 Å². The van der Waals surface area contributed by atoms with Crippen LogP contribution in [0.25, 0.3) is 0 Å². The number of hydrogen-bond acceptors (Lipinski definition) is 5. The van der Waals surface area contributed by atoms with E-state index in [4.69, 9.17) is 5.11 Å². The van der Waals surface area contributed by atoms with Gasteiger partial charge in [-0.2, -0.15) is 4.31 Å². The van der Waals surface area contributed by atoms with E-state index in [1.807, 2.05) is 6.92 Å². The van der Waals surface area contributed by atoms with Gasteiger partial charge in [-0.25, -0.2) is 8.42 Å². The smallest absolute Gasteiger partial charge is 0.322 e. The molecule has 0 unspecified atom stereocenters. The molecule has 100 valence electrons. The molecule has 0 spiro atoms. The number of thioether (sulfide) groups is 1. The van der Waals surface area contributed by atoms with Gasteiger partial charge in [0.05, 0.1) is 10.8 Å². The largest absolute Gasteiger partial charge is 0.480 e. The van der Waals surface area contributed by atoms with Crippen molar-refractivity contribution in [3.05, 3.63) is 15.8 Å². The molecule has 0 aliphatic carbocycles. The maximum absolute atomic E-state index is 12.4. The number of carboxylic acid groups (broad SMARTS) is 1. The molecule has 5 nitrogen and oxygen atoms in total. The quantitative estimate of drug-likeness (QED) is 0.916. The molecule has 1 aromatic rings. The minimum absolute atomic E-state index is 0.202. The van der Waals surface area contributed by atoms with Crippen LogP contribution >= 0.6 is 23.1 Å². The average Bonchev–Trinajstić information content (AvgIpc) is 2.84. The number of thiophene rings is 1. The summed E-state index contributed by atoms with van der Waals surface area (Å²) in [6.07, 6.45) is 0. The number of aryl methyl sites for hydroxylation is 2. The number of hydrogen-bond donors (Lipinski definition) is 1. The molecule has 1 saturated heterocycles. The van der Waals surface area contributed by atoms with Crippen molar-refractivity contribution in [2.75, 3.05) is 11.6 Å². The van der Waals surface area contributed by atoms with Gasteiger partial charge in [0.25, 0.3) is 0 Å². The molecule has 18 heavy (non-hydrogen) atoms. The highest BCUT2D eigenvalue weighted by molar-refractivity contribution is 8.00. The summed E-state index contributed by atoms with van der Waals surface area (Å²) in [4.78, 5) is 12.9. The third kappa shape index (κ3) is 2.29. The van der Waals surface area contributed by atoms with Crippen molar-refractivity contribution in [1.82, 2.24) is 4.31 Å². The minimum Gasteiger partial charge on any atom is -0.480 e. The summed E-state index contributed by atoms with van der Waals surface area (Å²) in [5.74, 6) is -0.585. The maximum Gasteiger partial charge on any atom is 0.322 e. The van der Waals surface area contributed by atoms with Gasteiger partial charge in [0, 0.05) is 15.5 Å². The molecule has 0 radical (unpaired) electrons. The van der Waals surface area contributed by atoms with Crippen LogP contribution in [-0.4, -0.2) is 41.5 Å². The number of sulfonamides is 1. The van der Waals surface area contributed by atoms with E-state index < -0.39 is 22.0 Å². The normalized spacial score (nSPS) is 21.3. The Bertz CT molecular complexity index is 578. The lowest BCUT2D eigenvalue weighted by Gasteiger charge is -2.19. The molecule has 1 aromatic heterocycles. The van der Waals surface area contributed by atoms with E-state index in [1.165, 1.54) is 23.1 Å². The Hall–Kier alpha value is -0.570. The molecule has 1 fully saturated rings. The van der Waals surface area contributed by atoms with Crippen molar-refractivity contribution in [1.29, 1.82) is 0 Å². The van der Waals surface area contributed by atoms with Crippen molar-refractivity contribution in [2.45, 2.75) is 24.8 Å². The van der Waals surface area contributed by atoms with Crippen molar-refractivity contribution < 1.29 is 18.3 Å². The third-order valence-corrected chi connectivity index (χ3v) is 6.96. The molecule has 0 aromatic carbocycles. The van der Waals surface area contributed by atoms with Gasteiger partial charge in [-0.15, -0.1) is 23.1 Å². The average molecular weight is 307 g/mol. The molecule has 0 amide bonds. The summed E-state index contributed by atoms with van der Waals surface area (Å²) in [5.41, 5.74) is 0. The summed E-state index contributed by atoms with van der Waals surface area (Å²) in [6.45, 7) is 3.58. The molecular formula is C10H13NO4S3. The van der Waals surface area contributed by atoms with Crippen LogP contribution in [0.4, 0.5) is 0 Å². The SMILES string of the molecule is Cc1cc(S(=O)(=O)N2CSC[C@H]2C(=O)O)c(C)s1. The summed E-state index contributed by atoms with van der Waals surface area (Å²) in [5, 5.41) is 9.05. The van der Waals surface area contributed by atoms with E-state index in [9.17, 15) is 13.2 Å². The second kappa shape index (κ2) is 4.84. The van der Waals surface area contributed by atoms with Gasteiger partial charge < -0.3 is 5.11 Å². The number of carbonyl (C=O) groups is 1. The third-order valence-electron chi connectivity index (χ3n) is 2.71. The highest BCUT2D eigenvalue weighted by Gasteiger charge is 2.40. The van der Waals surface area contributed by atoms with Crippen molar-refractivity contribution in [3.8, 4) is 0 Å². The van der Waals surface area contributed by atoms with Gasteiger partial charge in [0.1, 0.15) is 6.04 Å². The number of carboxylic acids is 1. The lowest BCUT2D eigenvalue weighted by molar-refractivity contribution is -0.140. The van der Waals surface area contributed by atoms with Crippen LogP contribution in [0, 0.1) is 13.8 Å². The first-order valence-corrected chi connectivity index (χ1v) is 8.64. The van der Waals surface area contributed by atoms with E-state index in [0.29, 0.717) is 10.6 Å². The second-order valence-electron chi connectivity index (χ2n) is 4.02. The first-order chi connectivity index (χ1) is 8.34. The predicted molar refractivity (Wildman–Crippen MR) is 71.6 cm³/mol. The van der Waals surface area contributed by atoms with E-state index >= 15 is 0 Å². The van der Waals surface area contributed by atoms with Gasteiger partial charge in [-0.05, 0) is 19.9 Å². The van der Waals surface area contributed by atoms with Crippen molar-refractivity contribution >= 4 is 39.1 Å². The van der Waals surface area contributed by atoms with Crippen LogP contribution in [-0.2, 0) is 14.8 Å². The van der Waals surface area contributed by atoms with Gasteiger partial charge in [-0.3, -0.25) is 4.79 Å². The summed E-state index contributed by atoms with van der Waals surface area (Å²) in [7, 11) is -3.70. The lowest BCUT2D eigenvalue weighted by Crippen LogP contribution is -2.41. The maximum atomic E-state index is 12.4. The minimum atomic E-state index is -3.70. The van der Waals surface area contributed by atoms with E-state index in [0.717, 1.165) is 9.18 Å². The van der Waals surface area contributed by atoms with Gasteiger partial charge in [-0.1, -0.05) is 0 Å². The fourth-order valence-electron chi connectivity index (χ4n) is 1.85. The van der Waals surface area contributed by atoms with Gasteiger partial charge >= 0.3 is 5.97 Å². The molecule has 2 heterocycles. The van der Waals surface area contributed by atoms with Crippen molar-refractivity contribution in [3.63, 3.8) is 0 Å². The summed E-state index contributed by atoms with van der Waals surface area (Å²) < 4.78 is 26.0. The zero-order chi connectivity index (χ0) is 13.5.